The van der Waals surface area contributed by atoms with Crippen molar-refractivity contribution in [1.29, 1.82) is 0 Å². The van der Waals surface area contributed by atoms with Crippen LogP contribution >= 0.6 is 0 Å². The third-order valence-corrected chi connectivity index (χ3v) is 4.70. The van der Waals surface area contributed by atoms with E-state index in [9.17, 15) is 8.42 Å². The Morgan fingerprint density at radius 3 is 2.20 bits per heavy atom. The molecule has 0 aliphatic carbocycles. The largest absolute Gasteiger partial charge is 0.329 e. The lowest BCUT2D eigenvalue weighted by atomic mass is 10.2. The van der Waals surface area contributed by atoms with Crippen LogP contribution in [0.1, 0.15) is 19.4 Å². The number of aryl methyl sites for hydroxylation is 1. The first-order chi connectivity index (χ1) is 7.02. The zero-order valence-corrected chi connectivity index (χ0v) is 9.92. The maximum atomic E-state index is 11.9. The molecule has 0 bridgehead atoms. The van der Waals surface area contributed by atoms with Crippen molar-refractivity contribution in [3.8, 4) is 0 Å². The maximum Gasteiger partial charge on any atom is 0.182 e. The molecule has 0 radical (unpaired) electrons. The van der Waals surface area contributed by atoms with Crippen LogP contribution in [0.15, 0.2) is 29.2 Å². The van der Waals surface area contributed by atoms with E-state index in [1.165, 1.54) is 0 Å². The molecule has 15 heavy (non-hydrogen) atoms. The second-order valence-electron chi connectivity index (χ2n) is 3.59. The van der Waals surface area contributed by atoms with Gasteiger partial charge in [-0.1, -0.05) is 19.1 Å². The van der Waals surface area contributed by atoms with E-state index in [1.54, 1.807) is 19.1 Å². The van der Waals surface area contributed by atoms with Gasteiger partial charge in [0, 0.05) is 6.54 Å². The molecule has 1 unspecified atom stereocenters. The predicted octanol–water partition coefficient (Wildman–Crippen LogP) is 1.37. The molecule has 4 heteroatoms. The summed E-state index contributed by atoms with van der Waals surface area (Å²) in [5, 5.41) is -0.523. The summed E-state index contributed by atoms with van der Waals surface area (Å²) >= 11 is 0. The van der Waals surface area contributed by atoms with Gasteiger partial charge in [-0.3, -0.25) is 0 Å². The molecule has 1 atom stereocenters. The van der Waals surface area contributed by atoms with E-state index in [-0.39, 0.29) is 6.54 Å². The molecular weight excluding hydrogens is 210 g/mol. The Bertz CT molecular complexity index is 409. The molecule has 0 amide bonds. The van der Waals surface area contributed by atoms with Crippen LogP contribution in [0.3, 0.4) is 0 Å². The lowest BCUT2D eigenvalue weighted by Gasteiger charge is -2.10. The highest BCUT2D eigenvalue weighted by Crippen LogP contribution is 2.16. The molecule has 0 saturated heterocycles. The summed E-state index contributed by atoms with van der Waals surface area (Å²) in [6.45, 7) is 3.81. The SMILES string of the molecule is CCc1ccc(S(=O)(=O)C(C)CN)cc1. The van der Waals surface area contributed by atoms with Gasteiger partial charge in [0.15, 0.2) is 9.84 Å². The average Bonchev–Trinajstić information content (AvgIpc) is 2.28. The molecule has 0 aromatic heterocycles. The van der Waals surface area contributed by atoms with Crippen molar-refractivity contribution in [2.45, 2.75) is 30.4 Å². The highest BCUT2D eigenvalue weighted by molar-refractivity contribution is 7.92. The fraction of sp³-hybridized carbons (Fsp3) is 0.455. The fourth-order valence-electron chi connectivity index (χ4n) is 1.27. The lowest BCUT2D eigenvalue weighted by Crippen LogP contribution is -2.26. The summed E-state index contributed by atoms with van der Waals surface area (Å²) in [6.07, 6.45) is 0.909. The Morgan fingerprint density at radius 2 is 1.80 bits per heavy atom. The molecule has 2 N–H and O–H groups in total. The van der Waals surface area contributed by atoms with Crippen molar-refractivity contribution in [3.63, 3.8) is 0 Å². The summed E-state index contributed by atoms with van der Waals surface area (Å²) in [5.74, 6) is 0. The van der Waals surface area contributed by atoms with E-state index in [4.69, 9.17) is 5.73 Å². The number of hydrogen-bond donors (Lipinski definition) is 1. The number of sulfone groups is 1. The quantitative estimate of drug-likeness (QED) is 0.845. The topological polar surface area (TPSA) is 60.2 Å². The van der Waals surface area contributed by atoms with Crippen molar-refractivity contribution < 1.29 is 8.42 Å². The first kappa shape index (κ1) is 12.2. The first-order valence-electron chi connectivity index (χ1n) is 5.05. The Kier molecular flexibility index (Phi) is 3.88. The molecule has 1 aromatic carbocycles. The second kappa shape index (κ2) is 4.77. The number of benzene rings is 1. The average molecular weight is 227 g/mol. The van der Waals surface area contributed by atoms with E-state index < -0.39 is 15.1 Å². The van der Waals surface area contributed by atoms with Gasteiger partial charge in [0.05, 0.1) is 10.1 Å². The Hall–Kier alpha value is -0.870. The number of nitrogens with two attached hydrogens (primary N) is 1. The van der Waals surface area contributed by atoms with Gasteiger partial charge in [0.1, 0.15) is 0 Å². The van der Waals surface area contributed by atoms with Gasteiger partial charge in [0.2, 0.25) is 0 Å². The molecule has 1 aromatic rings. The zero-order valence-electron chi connectivity index (χ0n) is 9.10. The van der Waals surface area contributed by atoms with Crippen LogP contribution in [-0.4, -0.2) is 20.2 Å². The summed E-state index contributed by atoms with van der Waals surface area (Å²) < 4.78 is 23.8. The van der Waals surface area contributed by atoms with Gasteiger partial charge in [-0.25, -0.2) is 8.42 Å². The van der Waals surface area contributed by atoms with Crippen LogP contribution in [0, 0.1) is 0 Å². The maximum absolute atomic E-state index is 11.9. The van der Waals surface area contributed by atoms with Gasteiger partial charge >= 0.3 is 0 Å². The summed E-state index contributed by atoms with van der Waals surface area (Å²) in [4.78, 5) is 0.359. The van der Waals surface area contributed by atoms with Crippen molar-refractivity contribution in [1.82, 2.24) is 0 Å². The molecule has 0 aliphatic heterocycles. The first-order valence-corrected chi connectivity index (χ1v) is 6.60. The van der Waals surface area contributed by atoms with E-state index >= 15 is 0 Å². The molecule has 0 spiro atoms. The molecule has 0 fully saturated rings. The van der Waals surface area contributed by atoms with E-state index in [1.807, 2.05) is 19.1 Å². The van der Waals surface area contributed by atoms with Crippen LogP contribution in [-0.2, 0) is 16.3 Å². The minimum absolute atomic E-state index is 0.151. The monoisotopic (exact) mass is 227 g/mol. The molecule has 3 nitrogen and oxygen atoms in total. The van der Waals surface area contributed by atoms with Crippen molar-refractivity contribution in [2.75, 3.05) is 6.54 Å². The van der Waals surface area contributed by atoms with Crippen molar-refractivity contribution in [3.05, 3.63) is 29.8 Å². The van der Waals surface area contributed by atoms with Crippen LogP contribution in [0.2, 0.25) is 0 Å². The van der Waals surface area contributed by atoms with Gasteiger partial charge in [-0.15, -0.1) is 0 Å². The molecule has 0 aliphatic rings. The Labute approximate surface area is 91.2 Å². The smallest absolute Gasteiger partial charge is 0.182 e. The van der Waals surface area contributed by atoms with Gasteiger partial charge in [-0.2, -0.15) is 0 Å². The summed E-state index contributed by atoms with van der Waals surface area (Å²) in [6, 6.07) is 6.99. The predicted molar refractivity (Wildman–Crippen MR) is 61.5 cm³/mol. The van der Waals surface area contributed by atoms with Crippen LogP contribution in [0.25, 0.3) is 0 Å². The van der Waals surface area contributed by atoms with Crippen molar-refractivity contribution in [2.24, 2.45) is 5.73 Å². The summed E-state index contributed by atoms with van der Waals surface area (Å²) in [5.41, 5.74) is 6.51. The van der Waals surface area contributed by atoms with E-state index in [2.05, 4.69) is 0 Å². The molecule has 0 heterocycles. The zero-order chi connectivity index (χ0) is 11.5. The third kappa shape index (κ3) is 2.58. The highest BCUT2D eigenvalue weighted by Gasteiger charge is 2.21. The molecule has 1 rings (SSSR count). The van der Waals surface area contributed by atoms with Crippen LogP contribution in [0.5, 0.6) is 0 Å². The molecular formula is C11H17NO2S. The van der Waals surface area contributed by atoms with Gasteiger partial charge < -0.3 is 5.73 Å². The van der Waals surface area contributed by atoms with Crippen molar-refractivity contribution >= 4 is 9.84 Å². The second-order valence-corrected chi connectivity index (χ2v) is 5.95. The number of hydrogen-bond acceptors (Lipinski definition) is 3. The highest BCUT2D eigenvalue weighted by atomic mass is 32.2. The standard InChI is InChI=1S/C11H17NO2S/c1-3-10-4-6-11(7-5-10)15(13,14)9(2)8-12/h4-7,9H,3,8,12H2,1-2H3. The van der Waals surface area contributed by atoms with Crippen LogP contribution < -0.4 is 5.73 Å². The van der Waals surface area contributed by atoms with E-state index in [0.29, 0.717) is 4.90 Å². The number of rotatable bonds is 4. The molecule has 84 valence electrons. The van der Waals surface area contributed by atoms with E-state index in [0.717, 1.165) is 12.0 Å². The summed E-state index contributed by atoms with van der Waals surface area (Å²) in [7, 11) is -3.24. The van der Waals surface area contributed by atoms with Gasteiger partial charge in [0.25, 0.3) is 0 Å². The Balaban J connectivity index is 3.06. The third-order valence-electron chi connectivity index (χ3n) is 2.52. The van der Waals surface area contributed by atoms with Crippen LogP contribution in [0.4, 0.5) is 0 Å². The minimum atomic E-state index is -3.24. The normalized spacial score (nSPS) is 13.8. The fourth-order valence-corrected chi connectivity index (χ4v) is 2.51. The lowest BCUT2D eigenvalue weighted by molar-refractivity contribution is 0.584. The Morgan fingerprint density at radius 1 is 1.27 bits per heavy atom. The minimum Gasteiger partial charge on any atom is -0.329 e. The molecule has 0 saturated carbocycles. The van der Waals surface area contributed by atoms with Gasteiger partial charge in [-0.05, 0) is 31.0 Å².